The number of aliphatic imine (C=N–C) groups is 1. The minimum absolute atomic E-state index is 0.00839. The van der Waals surface area contributed by atoms with E-state index < -0.39 is 0 Å². The number of rotatable bonds is 10. The van der Waals surface area contributed by atoms with E-state index in [4.69, 9.17) is 9.57 Å². The maximum absolute atomic E-state index is 12.1. The van der Waals surface area contributed by atoms with Crippen LogP contribution in [0.15, 0.2) is 28.9 Å². The molecule has 0 aromatic rings. The van der Waals surface area contributed by atoms with Crippen LogP contribution in [0.2, 0.25) is 0 Å². The zero-order valence-electron chi connectivity index (χ0n) is 19.0. The van der Waals surface area contributed by atoms with Crippen LogP contribution in [-0.2, 0) is 19.2 Å². The molecule has 3 N–H and O–H groups in total. The summed E-state index contributed by atoms with van der Waals surface area (Å²) in [6.07, 6.45) is 14.2. The standard InChI is InChI=1S/C23H38N4O4/c1-3-20(25-17-22(29)26-16-19-9-5-4-6-10-19)24-15-18(2)12-13-21(28)27-31-23-11-7-8-14-30-23/h12-13,15,19,23H,3-11,14,16-17H2,1-2H3,(H,24,25)(H,26,29)(H,27,28)/b13-12+,18-15+. The lowest BCUT2D eigenvalue weighted by atomic mass is 9.89. The van der Waals surface area contributed by atoms with Gasteiger partial charge in [-0.15, -0.1) is 0 Å². The maximum atomic E-state index is 12.1. The summed E-state index contributed by atoms with van der Waals surface area (Å²) in [6, 6.07) is 0. The van der Waals surface area contributed by atoms with Gasteiger partial charge in [0.1, 0.15) is 5.84 Å². The van der Waals surface area contributed by atoms with Crippen molar-refractivity contribution in [1.29, 1.82) is 0 Å². The second-order valence-corrected chi connectivity index (χ2v) is 8.18. The fourth-order valence-corrected chi connectivity index (χ4v) is 3.55. The Kier molecular flexibility index (Phi) is 11.9. The van der Waals surface area contributed by atoms with Crippen molar-refractivity contribution in [2.75, 3.05) is 19.7 Å². The summed E-state index contributed by atoms with van der Waals surface area (Å²) < 4.78 is 5.39. The molecule has 174 valence electrons. The summed E-state index contributed by atoms with van der Waals surface area (Å²) in [5, 5.41) is 6.11. The third kappa shape index (κ3) is 11.1. The van der Waals surface area contributed by atoms with Crippen LogP contribution in [0.1, 0.15) is 71.6 Å². The lowest BCUT2D eigenvalue weighted by molar-refractivity contribution is -0.198. The summed E-state index contributed by atoms with van der Waals surface area (Å²) in [5.41, 5.74) is 3.19. The first kappa shape index (κ1) is 25.1. The molecule has 1 saturated carbocycles. The van der Waals surface area contributed by atoms with Crippen molar-refractivity contribution in [3.05, 3.63) is 23.9 Å². The van der Waals surface area contributed by atoms with E-state index in [1.165, 1.54) is 38.2 Å². The molecule has 0 aromatic heterocycles. The van der Waals surface area contributed by atoms with Gasteiger partial charge in [0.05, 0.1) is 6.54 Å². The molecule has 1 unspecified atom stereocenters. The van der Waals surface area contributed by atoms with Crippen molar-refractivity contribution in [3.8, 4) is 0 Å². The third-order valence-corrected chi connectivity index (χ3v) is 5.45. The second kappa shape index (κ2) is 14.8. The molecule has 8 heteroatoms. The SMILES string of the molecule is CC\C(=N/C=C(C)/C=C/C(=O)NOC1CCCCO1)NCC(=O)NCC1CCCCC1. The highest BCUT2D eigenvalue weighted by atomic mass is 16.8. The average Bonchev–Trinajstić information content (AvgIpc) is 2.81. The van der Waals surface area contributed by atoms with Crippen LogP contribution >= 0.6 is 0 Å². The monoisotopic (exact) mass is 434 g/mol. The number of allylic oxidation sites excluding steroid dienone is 2. The number of ether oxygens (including phenoxy) is 1. The first-order chi connectivity index (χ1) is 15.1. The van der Waals surface area contributed by atoms with Gasteiger partial charge in [-0.3, -0.25) is 9.59 Å². The topological polar surface area (TPSA) is 101 Å². The van der Waals surface area contributed by atoms with Crippen LogP contribution in [-0.4, -0.2) is 43.6 Å². The number of carbonyl (C=O) groups is 2. The van der Waals surface area contributed by atoms with Gasteiger partial charge in [0, 0.05) is 38.3 Å². The molecule has 2 rings (SSSR count). The van der Waals surface area contributed by atoms with Gasteiger partial charge in [-0.05, 0) is 44.1 Å². The third-order valence-electron chi connectivity index (χ3n) is 5.45. The van der Waals surface area contributed by atoms with E-state index in [9.17, 15) is 9.59 Å². The number of nitrogens with zero attached hydrogens (tertiary/aromatic N) is 1. The first-order valence-electron chi connectivity index (χ1n) is 11.6. The van der Waals surface area contributed by atoms with Gasteiger partial charge in [0.15, 0.2) is 6.29 Å². The number of hydrogen-bond acceptors (Lipinski definition) is 5. The molecule has 1 aliphatic carbocycles. The predicted molar refractivity (Wildman–Crippen MR) is 121 cm³/mol. The van der Waals surface area contributed by atoms with Crippen molar-refractivity contribution in [2.24, 2.45) is 10.9 Å². The zero-order chi connectivity index (χ0) is 22.3. The lowest BCUT2D eigenvalue weighted by Gasteiger charge is -2.21. The van der Waals surface area contributed by atoms with E-state index in [1.807, 2.05) is 13.8 Å². The molecule has 0 bridgehead atoms. The maximum Gasteiger partial charge on any atom is 0.267 e. The highest BCUT2D eigenvalue weighted by molar-refractivity contribution is 5.88. The van der Waals surface area contributed by atoms with E-state index in [2.05, 4.69) is 21.1 Å². The van der Waals surface area contributed by atoms with Gasteiger partial charge in [-0.2, -0.15) is 0 Å². The molecule has 0 spiro atoms. The summed E-state index contributed by atoms with van der Waals surface area (Å²) in [7, 11) is 0. The van der Waals surface area contributed by atoms with E-state index in [-0.39, 0.29) is 24.6 Å². The summed E-state index contributed by atoms with van der Waals surface area (Å²) in [4.78, 5) is 33.5. The van der Waals surface area contributed by atoms with Gasteiger partial charge in [0.2, 0.25) is 5.91 Å². The zero-order valence-corrected chi connectivity index (χ0v) is 19.0. The van der Waals surface area contributed by atoms with E-state index in [0.717, 1.165) is 37.2 Å². The lowest BCUT2D eigenvalue weighted by Crippen LogP contribution is -2.39. The van der Waals surface area contributed by atoms with Gasteiger partial charge in [-0.1, -0.05) is 32.3 Å². The molecular weight excluding hydrogens is 396 g/mol. The smallest absolute Gasteiger partial charge is 0.267 e. The predicted octanol–water partition coefficient (Wildman–Crippen LogP) is 3.12. The van der Waals surface area contributed by atoms with E-state index in [1.54, 1.807) is 12.3 Å². The highest BCUT2D eigenvalue weighted by Crippen LogP contribution is 2.22. The number of amidine groups is 1. The minimum Gasteiger partial charge on any atom is -0.364 e. The van der Waals surface area contributed by atoms with Crippen LogP contribution in [0.25, 0.3) is 0 Å². The quantitative estimate of drug-likeness (QED) is 0.161. The molecule has 2 amide bonds. The Bertz CT molecular complexity index is 648. The molecule has 1 heterocycles. The number of hydroxylamine groups is 1. The fourth-order valence-electron chi connectivity index (χ4n) is 3.55. The van der Waals surface area contributed by atoms with Crippen molar-refractivity contribution < 1.29 is 19.2 Å². The fraction of sp³-hybridized carbons (Fsp3) is 0.696. The number of hydrogen-bond donors (Lipinski definition) is 3. The molecular formula is C23H38N4O4. The van der Waals surface area contributed by atoms with Crippen LogP contribution in [0.3, 0.4) is 0 Å². The molecule has 8 nitrogen and oxygen atoms in total. The largest absolute Gasteiger partial charge is 0.364 e. The van der Waals surface area contributed by atoms with Crippen LogP contribution in [0.4, 0.5) is 0 Å². The van der Waals surface area contributed by atoms with Gasteiger partial charge < -0.3 is 15.4 Å². The molecule has 0 radical (unpaired) electrons. The molecule has 1 aliphatic heterocycles. The Hall–Kier alpha value is -2.19. The Morgan fingerprint density at radius 1 is 1.06 bits per heavy atom. The van der Waals surface area contributed by atoms with E-state index >= 15 is 0 Å². The number of carbonyl (C=O) groups excluding carboxylic acids is 2. The van der Waals surface area contributed by atoms with Crippen molar-refractivity contribution in [1.82, 2.24) is 16.1 Å². The van der Waals surface area contributed by atoms with Crippen molar-refractivity contribution in [2.45, 2.75) is 77.9 Å². The number of nitrogens with one attached hydrogen (secondary N) is 3. The Balaban J connectivity index is 1.67. The van der Waals surface area contributed by atoms with E-state index in [0.29, 0.717) is 18.9 Å². The summed E-state index contributed by atoms with van der Waals surface area (Å²) >= 11 is 0. The molecule has 1 saturated heterocycles. The molecule has 1 atom stereocenters. The van der Waals surface area contributed by atoms with Crippen molar-refractivity contribution >= 4 is 17.6 Å². The molecule has 31 heavy (non-hydrogen) atoms. The van der Waals surface area contributed by atoms with Crippen LogP contribution in [0.5, 0.6) is 0 Å². The second-order valence-electron chi connectivity index (χ2n) is 8.18. The van der Waals surface area contributed by atoms with Crippen molar-refractivity contribution in [3.63, 3.8) is 0 Å². The Morgan fingerprint density at radius 3 is 2.55 bits per heavy atom. The number of amides is 2. The van der Waals surface area contributed by atoms with Crippen LogP contribution in [0, 0.1) is 5.92 Å². The molecule has 2 aliphatic rings. The van der Waals surface area contributed by atoms with Gasteiger partial charge >= 0.3 is 0 Å². The van der Waals surface area contributed by atoms with Crippen LogP contribution < -0.4 is 16.1 Å². The molecule has 0 aromatic carbocycles. The Labute approximate surface area is 185 Å². The summed E-state index contributed by atoms with van der Waals surface area (Å²) in [5.74, 6) is 0.982. The summed E-state index contributed by atoms with van der Waals surface area (Å²) in [6.45, 7) is 5.46. The first-order valence-corrected chi connectivity index (χ1v) is 11.6. The average molecular weight is 435 g/mol. The van der Waals surface area contributed by atoms with Gasteiger partial charge in [-0.25, -0.2) is 15.3 Å². The normalized spacial score (nSPS) is 21.2. The van der Waals surface area contributed by atoms with Gasteiger partial charge in [0.25, 0.3) is 5.91 Å². The Morgan fingerprint density at radius 2 is 1.84 bits per heavy atom. The minimum atomic E-state index is -0.370. The highest BCUT2D eigenvalue weighted by Gasteiger charge is 2.15. The molecule has 2 fully saturated rings.